The predicted octanol–water partition coefficient (Wildman–Crippen LogP) is 2.85. The molecule has 2 N–H and O–H groups in total. The maximum absolute atomic E-state index is 12.2. The molecule has 28 heavy (non-hydrogen) atoms. The Morgan fingerprint density at radius 3 is 2.43 bits per heavy atom. The van der Waals surface area contributed by atoms with Gasteiger partial charge < -0.3 is 24.5 Å². The molecule has 3 rings (SSSR count). The first kappa shape index (κ1) is 20.0. The van der Waals surface area contributed by atoms with Crippen LogP contribution in [-0.2, 0) is 9.53 Å². The number of rotatable bonds is 4. The van der Waals surface area contributed by atoms with Gasteiger partial charge in [-0.2, -0.15) is 0 Å². The van der Waals surface area contributed by atoms with Crippen molar-refractivity contribution in [3.8, 4) is 5.75 Å². The summed E-state index contributed by atoms with van der Waals surface area (Å²) >= 11 is 0. The number of benzene rings is 1. The van der Waals surface area contributed by atoms with Crippen LogP contribution in [0.15, 0.2) is 24.4 Å². The Hall–Kier alpha value is -2.74. The van der Waals surface area contributed by atoms with Crippen LogP contribution in [0.4, 0.5) is 4.79 Å². The van der Waals surface area contributed by atoms with E-state index in [0.717, 1.165) is 10.9 Å². The van der Waals surface area contributed by atoms with E-state index in [-0.39, 0.29) is 6.09 Å². The Bertz CT molecular complexity index is 862. The largest absolute Gasteiger partial charge is 0.497 e. The molecule has 2 heterocycles. The van der Waals surface area contributed by atoms with Gasteiger partial charge in [-0.25, -0.2) is 4.79 Å². The van der Waals surface area contributed by atoms with E-state index < -0.39 is 17.6 Å². The molecule has 1 saturated heterocycles. The van der Waals surface area contributed by atoms with Crippen LogP contribution in [0.3, 0.4) is 0 Å². The number of hydrogen-bond acceptors (Lipinski definition) is 5. The van der Waals surface area contributed by atoms with Gasteiger partial charge in [0.2, 0.25) is 0 Å². The first-order valence-electron chi connectivity index (χ1n) is 9.29. The maximum atomic E-state index is 12.2. The number of carboxylic acid groups (broad SMARTS) is 1. The highest BCUT2D eigenvalue weighted by atomic mass is 16.6. The van der Waals surface area contributed by atoms with E-state index in [1.165, 1.54) is 0 Å². The van der Waals surface area contributed by atoms with Crippen molar-refractivity contribution in [3.63, 3.8) is 0 Å². The van der Waals surface area contributed by atoms with Gasteiger partial charge in [-0.3, -0.25) is 9.69 Å². The third kappa shape index (κ3) is 4.22. The van der Waals surface area contributed by atoms with Gasteiger partial charge in [0.15, 0.2) is 0 Å². The number of fused-ring (bicyclic) bond motifs is 1. The normalized spacial score (nSPS) is 16.8. The lowest BCUT2D eigenvalue weighted by atomic mass is 10.0. The maximum Gasteiger partial charge on any atom is 0.410 e. The quantitative estimate of drug-likeness (QED) is 0.835. The SMILES string of the molecule is COc1ccc2[nH]cc([C@@H](C(=O)O)N3CCN(C(=O)OC(C)(C)C)CC3)c2c1. The van der Waals surface area contributed by atoms with Crippen LogP contribution in [0.25, 0.3) is 10.9 Å². The first-order chi connectivity index (χ1) is 13.2. The summed E-state index contributed by atoms with van der Waals surface area (Å²) in [5, 5.41) is 10.7. The fourth-order valence-corrected chi connectivity index (χ4v) is 3.45. The molecule has 0 saturated carbocycles. The number of nitrogens with one attached hydrogen (secondary N) is 1. The molecule has 2 aromatic rings. The topological polar surface area (TPSA) is 95.1 Å². The Kier molecular flexibility index (Phi) is 5.51. The van der Waals surface area contributed by atoms with Crippen LogP contribution in [0.1, 0.15) is 32.4 Å². The van der Waals surface area contributed by atoms with Gasteiger partial charge >= 0.3 is 12.1 Å². The van der Waals surface area contributed by atoms with Crippen molar-refractivity contribution < 1.29 is 24.2 Å². The number of carbonyl (C=O) groups excluding carboxylic acids is 1. The number of aliphatic carboxylic acids is 1. The summed E-state index contributed by atoms with van der Waals surface area (Å²) in [6, 6.07) is 4.74. The molecule has 1 aliphatic heterocycles. The number of piperazine rings is 1. The molecule has 8 heteroatoms. The van der Waals surface area contributed by atoms with E-state index in [1.807, 2.05) is 43.9 Å². The summed E-state index contributed by atoms with van der Waals surface area (Å²) in [4.78, 5) is 31.0. The first-order valence-corrected chi connectivity index (χ1v) is 9.29. The summed E-state index contributed by atoms with van der Waals surface area (Å²) in [5.74, 6) is -0.248. The van der Waals surface area contributed by atoms with Crippen LogP contribution >= 0.6 is 0 Å². The standard InChI is InChI=1S/C20H27N3O5/c1-20(2,3)28-19(26)23-9-7-22(8-10-23)17(18(24)25)15-12-21-16-6-5-13(27-4)11-14(15)16/h5-6,11-12,17,21H,7-10H2,1-4H3,(H,24,25)/t17-/m0/s1. The molecular formula is C20H27N3O5. The number of carbonyl (C=O) groups is 2. The molecule has 1 atom stereocenters. The van der Waals surface area contributed by atoms with E-state index in [2.05, 4.69) is 4.98 Å². The lowest BCUT2D eigenvalue weighted by molar-refractivity contribution is -0.144. The average molecular weight is 389 g/mol. The van der Waals surface area contributed by atoms with E-state index in [1.54, 1.807) is 18.2 Å². The molecule has 0 unspecified atom stereocenters. The monoisotopic (exact) mass is 389 g/mol. The van der Waals surface area contributed by atoms with Crippen molar-refractivity contribution in [2.45, 2.75) is 32.4 Å². The number of ether oxygens (including phenoxy) is 2. The zero-order valence-corrected chi connectivity index (χ0v) is 16.7. The minimum atomic E-state index is -0.922. The Balaban J connectivity index is 1.78. The molecule has 0 spiro atoms. The molecule has 1 fully saturated rings. The van der Waals surface area contributed by atoms with E-state index in [0.29, 0.717) is 37.5 Å². The van der Waals surface area contributed by atoms with Gasteiger partial charge in [-0.05, 0) is 39.0 Å². The predicted molar refractivity (Wildman–Crippen MR) is 105 cm³/mol. The fraction of sp³-hybridized carbons (Fsp3) is 0.500. The number of aromatic amines is 1. The summed E-state index contributed by atoms with van der Waals surface area (Å²) < 4.78 is 10.7. The average Bonchev–Trinajstić information content (AvgIpc) is 3.03. The van der Waals surface area contributed by atoms with Crippen molar-refractivity contribution in [2.75, 3.05) is 33.3 Å². The smallest absolute Gasteiger partial charge is 0.410 e. The number of hydrogen-bond donors (Lipinski definition) is 2. The zero-order valence-electron chi connectivity index (χ0n) is 16.7. The molecule has 0 bridgehead atoms. The summed E-state index contributed by atoms with van der Waals surface area (Å²) in [5.41, 5.74) is 0.988. The number of methoxy groups -OCH3 is 1. The third-order valence-corrected chi connectivity index (χ3v) is 4.78. The molecule has 1 aliphatic rings. The van der Waals surface area contributed by atoms with Crippen molar-refractivity contribution in [2.24, 2.45) is 0 Å². The van der Waals surface area contributed by atoms with Gasteiger partial charge in [-0.1, -0.05) is 0 Å². The molecule has 0 radical (unpaired) electrons. The van der Waals surface area contributed by atoms with Crippen LogP contribution < -0.4 is 4.74 Å². The fourth-order valence-electron chi connectivity index (χ4n) is 3.45. The highest BCUT2D eigenvalue weighted by molar-refractivity contribution is 5.90. The van der Waals surface area contributed by atoms with Crippen molar-refractivity contribution in [3.05, 3.63) is 30.0 Å². The molecule has 8 nitrogen and oxygen atoms in total. The molecule has 1 aromatic heterocycles. The lowest BCUT2D eigenvalue weighted by Crippen LogP contribution is -2.51. The number of carboxylic acids is 1. The zero-order chi connectivity index (χ0) is 20.5. The van der Waals surface area contributed by atoms with Gasteiger partial charge in [-0.15, -0.1) is 0 Å². The second kappa shape index (κ2) is 7.71. The van der Waals surface area contributed by atoms with Gasteiger partial charge in [0, 0.05) is 48.8 Å². The summed E-state index contributed by atoms with van der Waals surface area (Å²) in [7, 11) is 1.58. The third-order valence-electron chi connectivity index (χ3n) is 4.78. The van der Waals surface area contributed by atoms with E-state index >= 15 is 0 Å². The van der Waals surface area contributed by atoms with E-state index in [4.69, 9.17) is 9.47 Å². The van der Waals surface area contributed by atoms with Crippen LogP contribution in [0.2, 0.25) is 0 Å². The van der Waals surface area contributed by atoms with E-state index in [9.17, 15) is 14.7 Å². The molecule has 152 valence electrons. The van der Waals surface area contributed by atoms with Gasteiger partial charge in [0.1, 0.15) is 17.4 Å². The van der Waals surface area contributed by atoms with Crippen LogP contribution in [0.5, 0.6) is 5.75 Å². The molecular weight excluding hydrogens is 362 g/mol. The minimum Gasteiger partial charge on any atom is -0.497 e. The Morgan fingerprint density at radius 2 is 1.86 bits per heavy atom. The highest BCUT2D eigenvalue weighted by Crippen LogP contribution is 2.32. The Morgan fingerprint density at radius 1 is 1.18 bits per heavy atom. The summed E-state index contributed by atoms with van der Waals surface area (Å²) in [6.07, 6.45) is 1.37. The second-order valence-electron chi connectivity index (χ2n) is 7.90. The van der Waals surface area contributed by atoms with Crippen molar-refractivity contribution >= 4 is 23.0 Å². The summed E-state index contributed by atoms with van der Waals surface area (Å²) in [6.45, 7) is 7.22. The molecule has 1 amide bonds. The van der Waals surface area contributed by atoms with Gasteiger partial charge in [0.05, 0.1) is 7.11 Å². The number of aromatic nitrogens is 1. The van der Waals surface area contributed by atoms with Crippen molar-refractivity contribution in [1.82, 2.24) is 14.8 Å². The van der Waals surface area contributed by atoms with Crippen molar-refractivity contribution in [1.29, 1.82) is 0 Å². The number of H-pyrrole nitrogens is 1. The number of amides is 1. The number of nitrogens with zero attached hydrogens (tertiary/aromatic N) is 2. The van der Waals surface area contributed by atoms with Crippen LogP contribution in [0, 0.1) is 0 Å². The lowest BCUT2D eigenvalue weighted by Gasteiger charge is -2.38. The van der Waals surface area contributed by atoms with Crippen LogP contribution in [-0.4, -0.2) is 70.8 Å². The molecule has 1 aromatic carbocycles. The van der Waals surface area contributed by atoms with Gasteiger partial charge in [0.25, 0.3) is 0 Å². The highest BCUT2D eigenvalue weighted by Gasteiger charge is 2.34. The Labute approximate surface area is 164 Å². The molecule has 0 aliphatic carbocycles. The minimum absolute atomic E-state index is 0.365. The second-order valence-corrected chi connectivity index (χ2v) is 7.90.